The van der Waals surface area contributed by atoms with Crippen LogP contribution in [0.4, 0.5) is 24.8 Å². The van der Waals surface area contributed by atoms with Gasteiger partial charge in [-0.05, 0) is 60.7 Å². The minimum absolute atomic E-state index is 0.158. The summed E-state index contributed by atoms with van der Waals surface area (Å²) in [5, 5.41) is 13.7. The Bertz CT molecular complexity index is 959. The number of nitrogens with zero attached hydrogens (tertiary/aromatic N) is 3. The molecule has 182 valence electrons. The van der Waals surface area contributed by atoms with E-state index in [0.29, 0.717) is 16.5 Å². The van der Waals surface area contributed by atoms with Crippen molar-refractivity contribution in [1.82, 2.24) is 15.3 Å². The summed E-state index contributed by atoms with van der Waals surface area (Å²) in [6.45, 7) is 1.90. The van der Waals surface area contributed by atoms with Crippen LogP contribution in [0.1, 0.15) is 42.1 Å². The fraction of sp³-hybridized carbons (Fsp3) is 0.500. The van der Waals surface area contributed by atoms with Gasteiger partial charge in [0.25, 0.3) is 5.91 Å². The molecule has 1 aliphatic carbocycles. The Hall–Kier alpha value is -2.83. The van der Waals surface area contributed by atoms with Gasteiger partial charge in [0, 0.05) is 32.2 Å². The molecule has 0 bridgehead atoms. The minimum Gasteiger partial charge on any atom is -0.475 e. The summed E-state index contributed by atoms with van der Waals surface area (Å²) in [5.41, 5.74) is 0. The molecule has 33 heavy (non-hydrogen) atoms. The molecule has 2 heterocycles. The first kappa shape index (κ1) is 26.4. The van der Waals surface area contributed by atoms with Gasteiger partial charge in [-0.25, -0.2) is 14.8 Å². The van der Waals surface area contributed by atoms with Crippen molar-refractivity contribution in [3.8, 4) is 0 Å². The van der Waals surface area contributed by atoms with E-state index in [1.165, 1.54) is 0 Å². The lowest BCUT2D eigenvalue weighted by Crippen LogP contribution is -2.40. The second-order valence-electron chi connectivity index (χ2n) is 7.63. The molecule has 1 amide bonds. The van der Waals surface area contributed by atoms with Crippen LogP contribution in [-0.4, -0.2) is 59.3 Å². The number of carbonyl (C=O) groups is 2. The second kappa shape index (κ2) is 11.3. The number of aliphatic carboxylic acids is 1. The molecular weight excluding hydrogens is 511 g/mol. The molecule has 1 fully saturated rings. The van der Waals surface area contributed by atoms with Crippen molar-refractivity contribution in [3.05, 3.63) is 34.5 Å². The molecule has 3 N–H and O–H groups in total. The van der Waals surface area contributed by atoms with E-state index in [-0.39, 0.29) is 11.9 Å². The third-order valence-corrected chi connectivity index (χ3v) is 5.16. The Labute approximate surface area is 196 Å². The van der Waals surface area contributed by atoms with Crippen LogP contribution in [0.15, 0.2) is 27.3 Å². The molecule has 2 aromatic heterocycles. The molecule has 1 saturated carbocycles. The van der Waals surface area contributed by atoms with E-state index in [1.807, 2.05) is 32.0 Å². The van der Waals surface area contributed by atoms with Crippen LogP contribution >= 0.6 is 15.9 Å². The van der Waals surface area contributed by atoms with Crippen LogP contribution < -0.4 is 15.5 Å². The number of hydrogen-bond donors (Lipinski definition) is 3. The lowest BCUT2D eigenvalue weighted by Gasteiger charge is -2.30. The monoisotopic (exact) mass is 535 g/mol. The van der Waals surface area contributed by atoms with Gasteiger partial charge in [0.2, 0.25) is 0 Å². The molecule has 9 nitrogen and oxygen atoms in total. The molecule has 1 aliphatic rings. The van der Waals surface area contributed by atoms with Gasteiger partial charge in [0.1, 0.15) is 17.5 Å². The highest BCUT2D eigenvalue weighted by Crippen LogP contribution is 2.24. The Kier molecular flexibility index (Phi) is 9.08. The lowest BCUT2D eigenvalue weighted by atomic mass is 9.91. The van der Waals surface area contributed by atoms with Gasteiger partial charge in [-0.3, -0.25) is 4.79 Å². The minimum atomic E-state index is -5.08. The topological polar surface area (TPSA) is 121 Å². The maximum Gasteiger partial charge on any atom is 0.490 e. The van der Waals surface area contributed by atoms with Gasteiger partial charge in [0.15, 0.2) is 10.4 Å². The SMILES string of the molecule is Cc1nc(NC2CCC(NC(=O)c3ccc(Br)o3)CC2)cc(N(C)C)n1.O=C(O)C(F)(F)F. The molecule has 0 aliphatic heterocycles. The summed E-state index contributed by atoms with van der Waals surface area (Å²) < 4.78 is 37.6. The van der Waals surface area contributed by atoms with Gasteiger partial charge in [-0.2, -0.15) is 13.2 Å². The molecule has 0 spiro atoms. The van der Waals surface area contributed by atoms with E-state index in [0.717, 1.165) is 43.1 Å². The standard InChI is InChI=1S/C18H24BrN5O2.C2HF3O2/c1-11-20-16(10-17(21-11)24(2)3)22-12-4-6-13(7-5-12)23-18(25)14-8-9-15(19)26-14;3-2(4,5)1(6)7/h8-10,12-13H,4-7H2,1-3H3,(H,23,25)(H,20,21,22);(H,6,7). The van der Waals surface area contributed by atoms with Gasteiger partial charge in [0.05, 0.1) is 0 Å². The number of aromatic nitrogens is 2. The van der Waals surface area contributed by atoms with Crippen LogP contribution in [-0.2, 0) is 4.79 Å². The zero-order chi connectivity index (χ0) is 24.8. The number of furan rings is 1. The number of carboxylic acid groups (broad SMARTS) is 1. The average Bonchev–Trinajstić information content (AvgIpc) is 3.15. The van der Waals surface area contributed by atoms with Crippen molar-refractivity contribution in [2.24, 2.45) is 0 Å². The first-order chi connectivity index (χ1) is 15.3. The molecule has 0 saturated heterocycles. The highest BCUT2D eigenvalue weighted by atomic mass is 79.9. The molecule has 0 radical (unpaired) electrons. The second-order valence-corrected chi connectivity index (χ2v) is 8.41. The lowest BCUT2D eigenvalue weighted by molar-refractivity contribution is -0.192. The summed E-state index contributed by atoms with van der Waals surface area (Å²) in [6.07, 6.45) is -1.27. The Morgan fingerprint density at radius 2 is 1.73 bits per heavy atom. The zero-order valence-corrected chi connectivity index (χ0v) is 19.8. The smallest absolute Gasteiger partial charge is 0.475 e. The molecule has 0 aromatic carbocycles. The highest BCUT2D eigenvalue weighted by molar-refractivity contribution is 9.10. The fourth-order valence-electron chi connectivity index (χ4n) is 3.14. The quantitative estimate of drug-likeness (QED) is 0.525. The largest absolute Gasteiger partial charge is 0.490 e. The molecule has 3 rings (SSSR count). The zero-order valence-electron chi connectivity index (χ0n) is 18.2. The van der Waals surface area contributed by atoms with Gasteiger partial charge >= 0.3 is 12.1 Å². The first-order valence-corrected chi connectivity index (χ1v) is 10.8. The summed E-state index contributed by atoms with van der Waals surface area (Å²) in [6, 6.07) is 5.89. The fourth-order valence-corrected chi connectivity index (χ4v) is 3.45. The summed E-state index contributed by atoms with van der Waals surface area (Å²) in [5.74, 6) is -0.0737. The third-order valence-electron chi connectivity index (χ3n) is 4.74. The summed E-state index contributed by atoms with van der Waals surface area (Å²) in [4.78, 5) is 31.9. The van der Waals surface area contributed by atoms with Crippen molar-refractivity contribution in [2.75, 3.05) is 24.3 Å². The number of amides is 1. The van der Waals surface area contributed by atoms with Crippen molar-refractivity contribution < 1.29 is 32.3 Å². The van der Waals surface area contributed by atoms with Crippen LogP contribution in [0.3, 0.4) is 0 Å². The number of nitrogens with one attached hydrogen (secondary N) is 2. The maximum atomic E-state index is 12.2. The van der Waals surface area contributed by atoms with Crippen LogP contribution in [0.2, 0.25) is 0 Å². The molecule has 2 aromatic rings. The summed E-state index contributed by atoms with van der Waals surface area (Å²) in [7, 11) is 3.94. The Morgan fingerprint density at radius 1 is 1.15 bits per heavy atom. The molecule has 0 atom stereocenters. The third kappa shape index (κ3) is 8.56. The normalized spacial score (nSPS) is 18.0. The number of anilines is 2. The van der Waals surface area contributed by atoms with E-state index >= 15 is 0 Å². The predicted octanol–water partition coefficient (Wildman–Crippen LogP) is 3.99. The van der Waals surface area contributed by atoms with E-state index in [1.54, 1.807) is 12.1 Å². The molecule has 13 heteroatoms. The van der Waals surface area contributed by atoms with Gasteiger partial charge in [-0.1, -0.05) is 0 Å². The number of halogens is 4. The van der Waals surface area contributed by atoms with Gasteiger partial charge in [-0.15, -0.1) is 0 Å². The Morgan fingerprint density at radius 3 is 2.21 bits per heavy atom. The number of aryl methyl sites for hydroxylation is 1. The van der Waals surface area contributed by atoms with Crippen molar-refractivity contribution in [2.45, 2.75) is 50.9 Å². The number of hydrogen-bond acceptors (Lipinski definition) is 7. The maximum absolute atomic E-state index is 12.2. The number of carbonyl (C=O) groups excluding carboxylic acids is 1. The predicted molar refractivity (Wildman–Crippen MR) is 118 cm³/mol. The number of alkyl halides is 3. The highest BCUT2D eigenvalue weighted by Gasteiger charge is 2.38. The van der Waals surface area contributed by atoms with E-state index < -0.39 is 12.1 Å². The van der Waals surface area contributed by atoms with E-state index in [9.17, 15) is 18.0 Å². The summed E-state index contributed by atoms with van der Waals surface area (Å²) >= 11 is 3.22. The van der Waals surface area contributed by atoms with Crippen molar-refractivity contribution in [1.29, 1.82) is 0 Å². The van der Waals surface area contributed by atoms with Crippen molar-refractivity contribution >= 4 is 39.4 Å². The molecule has 0 unspecified atom stereocenters. The first-order valence-electron chi connectivity index (χ1n) is 10.0. The van der Waals surface area contributed by atoms with Crippen LogP contribution in [0, 0.1) is 6.92 Å². The van der Waals surface area contributed by atoms with Crippen LogP contribution in [0.5, 0.6) is 0 Å². The van der Waals surface area contributed by atoms with Crippen molar-refractivity contribution in [3.63, 3.8) is 0 Å². The van der Waals surface area contributed by atoms with E-state index in [4.69, 9.17) is 14.3 Å². The Balaban J connectivity index is 0.000000479. The van der Waals surface area contributed by atoms with Gasteiger partial charge < -0.3 is 25.1 Å². The molecular formula is C20H25BrF3N5O4. The average molecular weight is 536 g/mol. The number of carboxylic acids is 1. The number of rotatable bonds is 5. The van der Waals surface area contributed by atoms with Crippen LogP contribution in [0.25, 0.3) is 0 Å². The van der Waals surface area contributed by atoms with E-state index in [2.05, 4.69) is 36.5 Å².